The van der Waals surface area contributed by atoms with Gasteiger partial charge in [-0.25, -0.2) is 0 Å². The predicted molar refractivity (Wildman–Crippen MR) is 102 cm³/mol. The van der Waals surface area contributed by atoms with Gasteiger partial charge in [0.25, 0.3) is 0 Å². The van der Waals surface area contributed by atoms with Crippen molar-refractivity contribution < 1.29 is 9.53 Å². The number of carbonyl (C=O) groups excluding carboxylic acids is 1. The van der Waals surface area contributed by atoms with E-state index in [-0.39, 0.29) is 12.5 Å². The summed E-state index contributed by atoms with van der Waals surface area (Å²) in [6.45, 7) is 2.63. The van der Waals surface area contributed by atoms with Crippen LogP contribution in [0.5, 0.6) is 5.75 Å². The standard InChI is InChI=1S/C20H23N5O2/c1-4-15-8-10-17(11-9-15)20-21-23-25(22-20)14-19(26)24(2)13-16-6-5-7-18(12-16)27-3/h5-12H,4,13-14H2,1-3H3. The second kappa shape index (κ2) is 8.44. The van der Waals surface area contributed by atoms with Crippen LogP contribution in [0.3, 0.4) is 0 Å². The molecule has 1 aromatic heterocycles. The number of aryl methyl sites for hydroxylation is 1. The number of amides is 1. The Bertz CT molecular complexity index is 905. The van der Waals surface area contributed by atoms with Crippen molar-refractivity contribution in [3.8, 4) is 17.1 Å². The zero-order valence-corrected chi connectivity index (χ0v) is 15.8. The SMILES string of the molecule is CCc1ccc(-c2nnn(CC(=O)N(C)Cc3cccc(OC)c3)n2)cc1. The zero-order valence-electron chi connectivity index (χ0n) is 15.8. The maximum atomic E-state index is 12.5. The lowest BCUT2D eigenvalue weighted by molar-refractivity contribution is -0.131. The van der Waals surface area contributed by atoms with Gasteiger partial charge in [-0.2, -0.15) is 4.80 Å². The summed E-state index contributed by atoms with van der Waals surface area (Å²) in [5, 5.41) is 12.4. The van der Waals surface area contributed by atoms with Crippen molar-refractivity contribution in [2.24, 2.45) is 0 Å². The summed E-state index contributed by atoms with van der Waals surface area (Å²) in [6.07, 6.45) is 0.981. The maximum Gasteiger partial charge on any atom is 0.246 e. The van der Waals surface area contributed by atoms with Gasteiger partial charge in [-0.05, 0) is 34.9 Å². The summed E-state index contributed by atoms with van der Waals surface area (Å²) < 4.78 is 5.22. The molecule has 0 aliphatic carbocycles. The Morgan fingerprint density at radius 3 is 2.63 bits per heavy atom. The number of methoxy groups -OCH3 is 1. The summed E-state index contributed by atoms with van der Waals surface area (Å²) in [4.78, 5) is 15.4. The van der Waals surface area contributed by atoms with E-state index in [2.05, 4.69) is 22.3 Å². The van der Waals surface area contributed by atoms with Gasteiger partial charge in [-0.1, -0.05) is 43.3 Å². The fourth-order valence-corrected chi connectivity index (χ4v) is 2.69. The molecule has 3 aromatic rings. The third-order valence-electron chi connectivity index (χ3n) is 4.33. The topological polar surface area (TPSA) is 73.1 Å². The number of hydrogen-bond donors (Lipinski definition) is 0. The highest BCUT2D eigenvalue weighted by molar-refractivity contribution is 5.75. The van der Waals surface area contributed by atoms with E-state index in [9.17, 15) is 4.79 Å². The second-order valence-corrected chi connectivity index (χ2v) is 6.30. The number of aromatic nitrogens is 4. The molecule has 0 aliphatic heterocycles. The molecule has 140 valence electrons. The molecule has 0 aliphatic rings. The van der Waals surface area contributed by atoms with Crippen molar-refractivity contribution in [1.29, 1.82) is 0 Å². The molecule has 0 fully saturated rings. The number of tetrazole rings is 1. The van der Waals surface area contributed by atoms with Gasteiger partial charge in [0.1, 0.15) is 12.3 Å². The molecule has 27 heavy (non-hydrogen) atoms. The second-order valence-electron chi connectivity index (χ2n) is 6.30. The third kappa shape index (κ3) is 4.69. The van der Waals surface area contributed by atoms with Crippen molar-refractivity contribution in [3.05, 3.63) is 59.7 Å². The van der Waals surface area contributed by atoms with Crippen molar-refractivity contribution in [2.75, 3.05) is 14.2 Å². The van der Waals surface area contributed by atoms with E-state index >= 15 is 0 Å². The van der Waals surface area contributed by atoms with E-state index in [1.54, 1.807) is 19.1 Å². The van der Waals surface area contributed by atoms with Crippen molar-refractivity contribution in [3.63, 3.8) is 0 Å². The van der Waals surface area contributed by atoms with Gasteiger partial charge in [0.2, 0.25) is 11.7 Å². The Balaban J connectivity index is 1.62. The van der Waals surface area contributed by atoms with Crippen LogP contribution in [0.4, 0.5) is 0 Å². The highest BCUT2D eigenvalue weighted by atomic mass is 16.5. The average molecular weight is 365 g/mol. The van der Waals surface area contributed by atoms with Crippen LogP contribution < -0.4 is 4.74 Å². The van der Waals surface area contributed by atoms with Crippen LogP contribution in [-0.4, -0.2) is 45.2 Å². The molecule has 3 rings (SSSR count). The van der Waals surface area contributed by atoms with Crippen LogP contribution >= 0.6 is 0 Å². The summed E-state index contributed by atoms with van der Waals surface area (Å²) in [5.41, 5.74) is 3.13. The predicted octanol–water partition coefficient (Wildman–Crippen LogP) is 2.57. The molecule has 0 unspecified atom stereocenters. The minimum atomic E-state index is -0.0944. The lowest BCUT2D eigenvalue weighted by Crippen LogP contribution is -2.30. The van der Waals surface area contributed by atoms with E-state index in [4.69, 9.17) is 4.74 Å². The molecule has 0 spiro atoms. The van der Waals surface area contributed by atoms with Crippen LogP contribution in [0.2, 0.25) is 0 Å². The number of nitrogens with zero attached hydrogens (tertiary/aromatic N) is 5. The van der Waals surface area contributed by atoms with Crippen LogP contribution in [0.15, 0.2) is 48.5 Å². The largest absolute Gasteiger partial charge is 0.497 e. The Hall–Kier alpha value is -3.22. The van der Waals surface area contributed by atoms with E-state index < -0.39 is 0 Å². The molecule has 0 N–H and O–H groups in total. The van der Waals surface area contributed by atoms with Crippen molar-refractivity contribution in [2.45, 2.75) is 26.4 Å². The van der Waals surface area contributed by atoms with Crippen molar-refractivity contribution >= 4 is 5.91 Å². The van der Waals surface area contributed by atoms with Gasteiger partial charge in [-0.3, -0.25) is 4.79 Å². The van der Waals surface area contributed by atoms with Gasteiger partial charge in [-0.15, -0.1) is 10.2 Å². The molecular formula is C20H23N5O2. The lowest BCUT2D eigenvalue weighted by atomic mass is 10.1. The Morgan fingerprint density at radius 2 is 1.93 bits per heavy atom. The fraction of sp³-hybridized carbons (Fsp3) is 0.300. The first-order valence-electron chi connectivity index (χ1n) is 8.83. The van der Waals surface area contributed by atoms with Crippen molar-refractivity contribution in [1.82, 2.24) is 25.1 Å². The molecule has 0 bridgehead atoms. The minimum absolute atomic E-state index is 0.0422. The highest BCUT2D eigenvalue weighted by Crippen LogP contribution is 2.15. The van der Waals surface area contributed by atoms with Gasteiger partial charge >= 0.3 is 0 Å². The number of ether oxygens (including phenoxy) is 1. The lowest BCUT2D eigenvalue weighted by Gasteiger charge is -2.17. The maximum absolute atomic E-state index is 12.5. The molecule has 0 atom stereocenters. The molecule has 1 heterocycles. The monoisotopic (exact) mass is 365 g/mol. The van der Waals surface area contributed by atoms with E-state index in [1.165, 1.54) is 10.4 Å². The molecule has 0 saturated heterocycles. The molecule has 1 amide bonds. The first kappa shape index (κ1) is 18.6. The van der Waals surface area contributed by atoms with Crippen LogP contribution in [0.25, 0.3) is 11.4 Å². The number of likely N-dealkylation sites (N-methyl/N-ethyl adjacent to an activating group) is 1. The smallest absolute Gasteiger partial charge is 0.246 e. The Morgan fingerprint density at radius 1 is 1.15 bits per heavy atom. The minimum Gasteiger partial charge on any atom is -0.497 e. The Kier molecular flexibility index (Phi) is 5.80. The number of carbonyl (C=O) groups is 1. The summed E-state index contributed by atoms with van der Waals surface area (Å²) in [5.74, 6) is 1.19. The molecule has 7 heteroatoms. The van der Waals surface area contributed by atoms with E-state index in [1.807, 2.05) is 48.5 Å². The molecule has 2 aromatic carbocycles. The average Bonchev–Trinajstić information content (AvgIpc) is 3.16. The normalized spacial score (nSPS) is 10.6. The summed E-state index contributed by atoms with van der Waals surface area (Å²) in [6, 6.07) is 15.7. The Labute approximate surface area is 158 Å². The summed E-state index contributed by atoms with van der Waals surface area (Å²) in [7, 11) is 3.38. The number of rotatable bonds is 7. The van der Waals surface area contributed by atoms with Crippen LogP contribution in [0.1, 0.15) is 18.1 Å². The van der Waals surface area contributed by atoms with E-state index in [0.29, 0.717) is 12.4 Å². The van der Waals surface area contributed by atoms with Gasteiger partial charge < -0.3 is 9.64 Å². The van der Waals surface area contributed by atoms with Gasteiger partial charge in [0.15, 0.2) is 0 Å². The van der Waals surface area contributed by atoms with Gasteiger partial charge in [0.05, 0.1) is 7.11 Å². The number of hydrogen-bond acceptors (Lipinski definition) is 5. The zero-order chi connectivity index (χ0) is 19.2. The molecule has 0 saturated carbocycles. The van der Waals surface area contributed by atoms with Gasteiger partial charge in [0, 0.05) is 19.2 Å². The molecular weight excluding hydrogens is 342 g/mol. The quantitative estimate of drug-likeness (QED) is 0.643. The van der Waals surface area contributed by atoms with E-state index in [0.717, 1.165) is 23.3 Å². The van der Waals surface area contributed by atoms with Crippen LogP contribution in [-0.2, 0) is 24.3 Å². The fourth-order valence-electron chi connectivity index (χ4n) is 2.69. The third-order valence-corrected chi connectivity index (χ3v) is 4.33. The highest BCUT2D eigenvalue weighted by Gasteiger charge is 2.13. The molecule has 0 radical (unpaired) electrons. The first-order chi connectivity index (χ1) is 13.1. The first-order valence-corrected chi connectivity index (χ1v) is 8.83. The van der Waals surface area contributed by atoms with Crippen LogP contribution in [0, 0.1) is 0 Å². The summed E-state index contributed by atoms with van der Waals surface area (Å²) >= 11 is 0. The molecule has 7 nitrogen and oxygen atoms in total. The number of benzene rings is 2.